The van der Waals surface area contributed by atoms with Gasteiger partial charge in [0.2, 0.25) is 0 Å². The second-order valence-corrected chi connectivity index (χ2v) is 6.21. The van der Waals surface area contributed by atoms with Crippen LogP contribution >= 0.6 is 0 Å². The number of benzene rings is 2. The third-order valence-corrected chi connectivity index (χ3v) is 4.26. The van der Waals surface area contributed by atoms with Gasteiger partial charge in [-0.2, -0.15) is 0 Å². The van der Waals surface area contributed by atoms with Crippen molar-refractivity contribution in [3.8, 4) is 11.3 Å². The lowest BCUT2D eigenvalue weighted by molar-refractivity contribution is -0.123. The van der Waals surface area contributed by atoms with Crippen LogP contribution in [0.15, 0.2) is 70.8 Å². The molecule has 0 spiro atoms. The number of hydrogen-bond donors (Lipinski definition) is 1. The van der Waals surface area contributed by atoms with Gasteiger partial charge in [0.05, 0.1) is 6.54 Å². The molecular formula is C21H14F2N2O3. The summed E-state index contributed by atoms with van der Waals surface area (Å²) < 4.78 is 31.7. The van der Waals surface area contributed by atoms with Crippen LogP contribution in [0, 0.1) is 11.6 Å². The Bertz CT molecular complexity index is 1070. The fraction of sp³-hybridized carbons (Fsp3) is 0.0476. The molecule has 2 aromatic carbocycles. The van der Waals surface area contributed by atoms with Gasteiger partial charge >= 0.3 is 6.03 Å². The van der Waals surface area contributed by atoms with Crippen molar-refractivity contribution < 1.29 is 22.8 Å². The maximum atomic E-state index is 13.0. The number of carbonyl (C=O) groups is 2. The van der Waals surface area contributed by atoms with Gasteiger partial charge < -0.3 is 9.73 Å². The number of rotatable bonds is 4. The molecule has 0 aliphatic carbocycles. The van der Waals surface area contributed by atoms with Crippen LogP contribution in [0.4, 0.5) is 13.6 Å². The van der Waals surface area contributed by atoms with Crippen LogP contribution in [-0.2, 0) is 11.3 Å². The van der Waals surface area contributed by atoms with Crippen molar-refractivity contribution in [3.63, 3.8) is 0 Å². The summed E-state index contributed by atoms with van der Waals surface area (Å²) >= 11 is 0. The normalized spacial score (nSPS) is 15.4. The van der Waals surface area contributed by atoms with Crippen LogP contribution in [0.2, 0.25) is 0 Å². The van der Waals surface area contributed by atoms with Crippen LogP contribution < -0.4 is 5.32 Å². The maximum absolute atomic E-state index is 13.0. The standard InChI is InChI=1S/C21H14F2N2O3/c22-15-5-1-13(2-6-15)12-25-20(26)18(24-21(25)27)11-17-9-10-19(28-17)14-3-7-16(23)8-4-14/h1-11H,12H2,(H,24,27)/b18-11-. The monoisotopic (exact) mass is 380 g/mol. The first-order chi connectivity index (χ1) is 13.5. The predicted molar refractivity (Wildman–Crippen MR) is 97.6 cm³/mol. The lowest BCUT2D eigenvalue weighted by Crippen LogP contribution is -2.30. The topological polar surface area (TPSA) is 62.6 Å². The molecule has 0 atom stereocenters. The van der Waals surface area contributed by atoms with Gasteiger partial charge in [-0.25, -0.2) is 13.6 Å². The third kappa shape index (κ3) is 3.55. The Hall–Kier alpha value is -3.74. The molecule has 0 radical (unpaired) electrons. The van der Waals surface area contributed by atoms with E-state index in [4.69, 9.17) is 4.42 Å². The molecular weight excluding hydrogens is 366 g/mol. The fourth-order valence-electron chi connectivity index (χ4n) is 2.83. The minimum absolute atomic E-state index is 0.0290. The summed E-state index contributed by atoms with van der Waals surface area (Å²) in [5.74, 6) is -0.373. The fourth-order valence-corrected chi connectivity index (χ4v) is 2.83. The van der Waals surface area contributed by atoms with E-state index < -0.39 is 17.8 Å². The van der Waals surface area contributed by atoms with Gasteiger partial charge in [0, 0.05) is 11.6 Å². The predicted octanol–water partition coefficient (Wildman–Crippen LogP) is 4.32. The molecule has 0 unspecified atom stereocenters. The molecule has 3 amide bonds. The number of furan rings is 1. The van der Waals surface area contributed by atoms with E-state index in [-0.39, 0.29) is 18.1 Å². The van der Waals surface area contributed by atoms with E-state index in [1.165, 1.54) is 42.5 Å². The van der Waals surface area contributed by atoms with Crippen LogP contribution in [0.1, 0.15) is 11.3 Å². The average molecular weight is 380 g/mol. The molecule has 1 aliphatic rings. The van der Waals surface area contributed by atoms with E-state index in [0.717, 1.165) is 4.90 Å². The minimum atomic E-state index is -0.564. The van der Waals surface area contributed by atoms with Gasteiger partial charge in [0.15, 0.2) is 0 Å². The van der Waals surface area contributed by atoms with Crippen LogP contribution in [0.25, 0.3) is 17.4 Å². The van der Waals surface area contributed by atoms with E-state index in [1.54, 1.807) is 24.3 Å². The first-order valence-electron chi connectivity index (χ1n) is 8.44. The molecule has 140 valence electrons. The van der Waals surface area contributed by atoms with Crippen molar-refractivity contribution in [2.75, 3.05) is 0 Å². The molecule has 2 heterocycles. The van der Waals surface area contributed by atoms with Crippen molar-refractivity contribution in [1.29, 1.82) is 0 Å². The largest absolute Gasteiger partial charge is 0.457 e. The second-order valence-electron chi connectivity index (χ2n) is 6.21. The number of nitrogens with one attached hydrogen (secondary N) is 1. The van der Waals surface area contributed by atoms with Gasteiger partial charge in [-0.05, 0) is 54.1 Å². The maximum Gasteiger partial charge on any atom is 0.329 e. The number of amides is 3. The molecule has 28 heavy (non-hydrogen) atoms. The first kappa shape index (κ1) is 17.7. The summed E-state index contributed by atoms with van der Waals surface area (Å²) in [6.07, 6.45) is 1.43. The molecule has 0 saturated carbocycles. The van der Waals surface area contributed by atoms with Crippen LogP contribution in [0.3, 0.4) is 0 Å². The summed E-state index contributed by atoms with van der Waals surface area (Å²) in [6, 6.07) is 14.1. The number of nitrogens with zero attached hydrogens (tertiary/aromatic N) is 1. The van der Waals surface area contributed by atoms with Gasteiger partial charge in [-0.3, -0.25) is 9.69 Å². The van der Waals surface area contributed by atoms with Crippen LogP contribution in [0.5, 0.6) is 0 Å². The lowest BCUT2D eigenvalue weighted by Gasteiger charge is -2.11. The molecule has 1 saturated heterocycles. The Morgan fingerprint density at radius 2 is 1.54 bits per heavy atom. The van der Waals surface area contributed by atoms with Crippen molar-refractivity contribution in [2.45, 2.75) is 6.54 Å². The first-order valence-corrected chi connectivity index (χ1v) is 8.44. The third-order valence-electron chi connectivity index (χ3n) is 4.26. The number of imide groups is 1. The smallest absolute Gasteiger partial charge is 0.329 e. The SMILES string of the molecule is O=C1N/C(=C\c2ccc(-c3ccc(F)cc3)o2)C(=O)N1Cc1ccc(F)cc1. The van der Waals surface area contributed by atoms with Gasteiger partial charge in [-0.1, -0.05) is 12.1 Å². The average Bonchev–Trinajstić information content (AvgIpc) is 3.24. The van der Waals surface area contributed by atoms with E-state index in [2.05, 4.69) is 5.32 Å². The Balaban J connectivity index is 1.52. The van der Waals surface area contributed by atoms with Crippen molar-refractivity contribution in [2.24, 2.45) is 0 Å². The zero-order chi connectivity index (χ0) is 19.7. The Labute approximate surface area is 158 Å². The highest BCUT2D eigenvalue weighted by Crippen LogP contribution is 2.24. The van der Waals surface area contributed by atoms with E-state index in [0.29, 0.717) is 22.6 Å². The lowest BCUT2D eigenvalue weighted by atomic mass is 10.2. The Morgan fingerprint density at radius 1 is 0.893 bits per heavy atom. The van der Waals surface area contributed by atoms with Gasteiger partial charge in [-0.15, -0.1) is 0 Å². The van der Waals surface area contributed by atoms with Crippen molar-refractivity contribution in [3.05, 3.63) is 89.3 Å². The second kappa shape index (κ2) is 7.11. The Morgan fingerprint density at radius 3 is 2.21 bits per heavy atom. The minimum Gasteiger partial charge on any atom is -0.457 e. The summed E-state index contributed by atoms with van der Waals surface area (Å²) in [7, 11) is 0. The summed E-state index contributed by atoms with van der Waals surface area (Å²) in [4.78, 5) is 25.7. The molecule has 1 aromatic heterocycles. The summed E-state index contributed by atoms with van der Waals surface area (Å²) in [5, 5.41) is 2.51. The number of urea groups is 1. The highest BCUT2D eigenvalue weighted by Gasteiger charge is 2.33. The number of carbonyl (C=O) groups excluding carboxylic acids is 2. The van der Waals surface area contributed by atoms with E-state index in [9.17, 15) is 18.4 Å². The Kier molecular flexibility index (Phi) is 4.49. The van der Waals surface area contributed by atoms with E-state index >= 15 is 0 Å². The van der Waals surface area contributed by atoms with Gasteiger partial charge in [0.1, 0.15) is 28.9 Å². The zero-order valence-corrected chi connectivity index (χ0v) is 14.5. The molecule has 1 fully saturated rings. The quantitative estimate of drug-likeness (QED) is 0.542. The summed E-state index contributed by atoms with van der Waals surface area (Å²) in [6.45, 7) is 0.0290. The van der Waals surface area contributed by atoms with E-state index in [1.807, 2.05) is 0 Å². The highest BCUT2D eigenvalue weighted by molar-refractivity contribution is 6.13. The summed E-state index contributed by atoms with van der Waals surface area (Å²) in [5.41, 5.74) is 1.39. The molecule has 4 rings (SSSR count). The molecule has 3 aromatic rings. The highest BCUT2D eigenvalue weighted by atomic mass is 19.1. The molecule has 0 bridgehead atoms. The number of hydrogen-bond acceptors (Lipinski definition) is 3. The molecule has 7 heteroatoms. The molecule has 1 N–H and O–H groups in total. The van der Waals surface area contributed by atoms with Crippen molar-refractivity contribution >= 4 is 18.0 Å². The number of halogens is 2. The zero-order valence-electron chi connectivity index (χ0n) is 14.5. The molecule has 1 aliphatic heterocycles. The van der Waals surface area contributed by atoms with Crippen LogP contribution in [-0.4, -0.2) is 16.8 Å². The molecule has 5 nitrogen and oxygen atoms in total. The van der Waals surface area contributed by atoms with Crippen molar-refractivity contribution in [1.82, 2.24) is 10.2 Å². The van der Waals surface area contributed by atoms with Gasteiger partial charge in [0.25, 0.3) is 5.91 Å².